The van der Waals surface area contributed by atoms with Gasteiger partial charge < -0.3 is 10.1 Å². The maximum absolute atomic E-state index is 11.6. The van der Waals surface area contributed by atoms with Gasteiger partial charge >= 0.3 is 0 Å². The van der Waals surface area contributed by atoms with E-state index in [1.54, 1.807) is 7.11 Å². The number of ketones is 1. The van der Waals surface area contributed by atoms with Crippen LogP contribution in [0.5, 0.6) is 5.75 Å². The van der Waals surface area contributed by atoms with E-state index < -0.39 is 0 Å². The van der Waals surface area contributed by atoms with Gasteiger partial charge in [0.25, 0.3) is 0 Å². The first-order valence-electron chi connectivity index (χ1n) is 5.35. The number of methoxy groups -OCH3 is 1. The molecule has 3 heteroatoms. The van der Waals surface area contributed by atoms with Gasteiger partial charge in [-0.1, -0.05) is 18.2 Å². The largest absolute Gasteiger partial charge is 0.497 e. The number of benzene rings is 1. The van der Waals surface area contributed by atoms with Crippen molar-refractivity contribution in [1.82, 2.24) is 5.32 Å². The number of allylic oxidation sites excluding steroid dienone is 1. The molecule has 0 aliphatic carbocycles. The Labute approximate surface area is 95.1 Å². The number of rotatable bonds is 3. The number of hydrogen-bond donors (Lipinski definition) is 1. The Bertz CT molecular complexity index is 395. The molecule has 1 unspecified atom stereocenters. The lowest BCUT2D eigenvalue weighted by Gasteiger charge is -2.16. The van der Waals surface area contributed by atoms with Crippen molar-refractivity contribution in [2.45, 2.75) is 6.42 Å². The molecule has 0 amide bonds. The standard InChI is InChI=1S/C13H15NO2/c1-16-12-4-2-10(3-5-12)8-11-6-7-14-9-13(11)15/h2-7,11,14H,8-9H2,1H3. The molecule has 1 heterocycles. The summed E-state index contributed by atoms with van der Waals surface area (Å²) in [6, 6.07) is 7.85. The molecule has 1 aromatic carbocycles. The highest BCUT2D eigenvalue weighted by molar-refractivity contribution is 5.85. The van der Waals surface area contributed by atoms with Gasteiger partial charge in [0.05, 0.1) is 13.7 Å². The van der Waals surface area contributed by atoms with E-state index in [2.05, 4.69) is 5.32 Å². The van der Waals surface area contributed by atoms with Gasteiger partial charge in [0, 0.05) is 5.92 Å². The Morgan fingerprint density at radius 3 is 2.75 bits per heavy atom. The van der Waals surface area contributed by atoms with Crippen molar-refractivity contribution in [2.24, 2.45) is 5.92 Å². The first-order valence-corrected chi connectivity index (χ1v) is 5.35. The fraction of sp³-hybridized carbons (Fsp3) is 0.308. The summed E-state index contributed by atoms with van der Waals surface area (Å²) in [5.41, 5.74) is 1.16. The number of nitrogens with one attached hydrogen (secondary N) is 1. The van der Waals surface area contributed by atoms with Crippen LogP contribution in [0.1, 0.15) is 5.56 Å². The van der Waals surface area contributed by atoms with Gasteiger partial charge in [0.15, 0.2) is 5.78 Å². The van der Waals surface area contributed by atoms with Gasteiger partial charge in [-0.2, -0.15) is 0 Å². The molecule has 84 valence electrons. The molecule has 1 aliphatic heterocycles. The molecule has 2 rings (SSSR count). The Hall–Kier alpha value is -1.77. The minimum absolute atomic E-state index is 0.00893. The van der Waals surface area contributed by atoms with Crippen LogP contribution in [0.2, 0.25) is 0 Å². The van der Waals surface area contributed by atoms with Crippen LogP contribution in [0, 0.1) is 5.92 Å². The molecule has 0 radical (unpaired) electrons. The topological polar surface area (TPSA) is 38.3 Å². The van der Waals surface area contributed by atoms with Crippen LogP contribution < -0.4 is 10.1 Å². The first kappa shape index (κ1) is 10.7. The molecule has 16 heavy (non-hydrogen) atoms. The molecular weight excluding hydrogens is 202 g/mol. The molecule has 1 N–H and O–H groups in total. The van der Waals surface area contributed by atoms with E-state index in [9.17, 15) is 4.79 Å². The minimum Gasteiger partial charge on any atom is -0.497 e. The van der Waals surface area contributed by atoms with Crippen LogP contribution in [0.15, 0.2) is 36.5 Å². The Balaban J connectivity index is 2.05. The van der Waals surface area contributed by atoms with Crippen molar-refractivity contribution >= 4 is 5.78 Å². The lowest BCUT2D eigenvalue weighted by Crippen LogP contribution is -2.30. The number of Topliss-reactive ketones (excluding diaryl/α,β-unsaturated/α-hetero) is 1. The van der Waals surface area contributed by atoms with E-state index in [-0.39, 0.29) is 11.7 Å². The van der Waals surface area contributed by atoms with E-state index in [1.165, 1.54) is 0 Å². The molecule has 0 aromatic heterocycles. The highest BCUT2D eigenvalue weighted by Crippen LogP contribution is 2.16. The third-order valence-electron chi connectivity index (χ3n) is 2.75. The summed E-state index contributed by atoms with van der Waals surface area (Å²) in [4.78, 5) is 11.6. The summed E-state index contributed by atoms with van der Waals surface area (Å²) in [6.45, 7) is 0.442. The Kier molecular flexibility index (Phi) is 3.25. The van der Waals surface area contributed by atoms with Gasteiger partial charge in [-0.25, -0.2) is 0 Å². The van der Waals surface area contributed by atoms with E-state index in [1.807, 2.05) is 36.5 Å². The minimum atomic E-state index is 0.00893. The van der Waals surface area contributed by atoms with Crippen LogP contribution >= 0.6 is 0 Å². The summed E-state index contributed by atoms with van der Waals surface area (Å²) in [5.74, 6) is 1.10. The van der Waals surface area contributed by atoms with Crippen LogP contribution in [0.25, 0.3) is 0 Å². The predicted molar refractivity (Wildman–Crippen MR) is 62.3 cm³/mol. The van der Waals surface area contributed by atoms with Crippen molar-refractivity contribution in [2.75, 3.05) is 13.7 Å². The third-order valence-corrected chi connectivity index (χ3v) is 2.75. The zero-order valence-corrected chi connectivity index (χ0v) is 9.27. The van der Waals surface area contributed by atoms with Crippen LogP contribution in [0.4, 0.5) is 0 Å². The van der Waals surface area contributed by atoms with Crippen molar-refractivity contribution in [3.8, 4) is 5.75 Å². The second kappa shape index (κ2) is 4.84. The number of carbonyl (C=O) groups excluding carboxylic acids is 1. The van der Waals surface area contributed by atoms with Gasteiger partial charge in [-0.15, -0.1) is 0 Å². The fourth-order valence-electron chi connectivity index (χ4n) is 1.78. The SMILES string of the molecule is COc1ccc(CC2C=CNCC2=O)cc1. The predicted octanol–water partition coefficient (Wildman–Crippen LogP) is 1.54. The molecule has 0 fully saturated rings. The van der Waals surface area contributed by atoms with E-state index in [0.29, 0.717) is 6.54 Å². The van der Waals surface area contributed by atoms with Crippen molar-refractivity contribution in [1.29, 1.82) is 0 Å². The summed E-state index contributed by atoms with van der Waals surface area (Å²) < 4.78 is 5.09. The monoisotopic (exact) mass is 217 g/mol. The second-order valence-corrected chi connectivity index (χ2v) is 3.87. The summed E-state index contributed by atoms with van der Waals surface area (Å²) in [7, 11) is 1.65. The fourth-order valence-corrected chi connectivity index (χ4v) is 1.78. The average Bonchev–Trinajstić information content (AvgIpc) is 2.33. The summed E-state index contributed by atoms with van der Waals surface area (Å²) >= 11 is 0. The molecule has 0 bridgehead atoms. The van der Waals surface area contributed by atoms with Crippen LogP contribution in [-0.4, -0.2) is 19.4 Å². The lowest BCUT2D eigenvalue weighted by atomic mass is 9.93. The Morgan fingerprint density at radius 1 is 1.38 bits per heavy atom. The zero-order valence-electron chi connectivity index (χ0n) is 9.27. The maximum atomic E-state index is 11.6. The van der Waals surface area contributed by atoms with Crippen molar-refractivity contribution < 1.29 is 9.53 Å². The summed E-state index contributed by atoms with van der Waals surface area (Å²) in [6.07, 6.45) is 4.55. The lowest BCUT2D eigenvalue weighted by molar-refractivity contribution is -0.120. The number of carbonyl (C=O) groups is 1. The van der Waals surface area contributed by atoms with Crippen LogP contribution in [-0.2, 0) is 11.2 Å². The van der Waals surface area contributed by atoms with Crippen molar-refractivity contribution in [3.63, 3.8) is 0 Å². The first-order chi connectivity index (χ1) is 7.79. The molecular formula is C13H15NO2. The molecule has 0 spiro atoms. The van der Waals surface area contributed by atoms with Gasteiger partial charge in [0.1, 0.15) is 5.75 Å². The number of ether oxygens (including phenoxy) is 1. The van der Waals surface area contributed by atoms with E-state index in [0.717, 1.165) is 17.7 Å². The second-order valence-electron chi connectivity index (χ2n) is 3.87. The van der Waals surface area contributed by atoms with Gasteiger partial charge in [-0.05, 0) is 30.3 Å². The quantitative estimate of drug-likeness (QED) is 0.834. The summed E-state index contributed by atoms with van der Waals surface area (Å²) in [5, 5.41) is 2.92. The normalized spacial score (nSPS) is 19.3. The van der Waals surface area contributed by atoms with Gasteiger partial charge in [-0.3, -0.25) is 4.79 Å². The highest BCUT2D eigenvalue weighted by atomic mass is 16.5. The van der Waals surface area contributed by atoms with E-state index in [4.69, 9.17) is 4.74 Å². The van der Waals surface area contributed by atoms with Crippen LogP contribution in [0.3, 0.4) is 0 Å². The molecule has 1 aromatic rings. The molecule has 0 saturated carbocycles. The molecule has 1 atom stereocenters. The molecule has 1 aliphatic rings. The third kappa shape index (κ3) is 2.42. The smallest absolute Gasteiger partial charge is 0.159 e. The van der Waals surface area contributed by atoms with E-state index >= 15 is 0 Å². The maximum Gasteiger partial charge on any atom is 0.159 e. The van der Waals surface area contributed by atoms with Gasteiger partial charge in [0.2, 0.25) is 0 Å². The van der Waals surface area contributed by atoms with Crippen molar-refractivity contribution in [3.05, 3.63) is 42.1 Å². The number of hydrogen-bond acceptors (Lipinski definition) is 3. The Morgan fingerprint density at radius 2 is 2.12 bits per heavy atom. The molecule has 3 nitrogen and oxygen atoms in total. The highest BCUT2D eigenvalue weighted by Gasteiger charge is 2.17. The average molecular weight is 217 g/mol. The molecule has 0 saturated heterocycles. The zero-order chi connectivity index (χ0) is 11.4.